The minimum atomic E-state index is -5.16. The van der Waals surface area contributed by atoms with Crippen LogP contribution in [0.1, 0.15) is 26.2 Å². The van der Waals surface area contributed by atoms with Crippen LogP contribution in [0.15, 0.2) is 0 Å². The van der Waals surface area contributed by atoms with Crippen LogP contribution in [0.3, 0.4) is 0 Å². The highest BCUT2D eigenvalue weighted by molar-refractivity contribution is 7.90. The van der Waals surface area contributed by atoms with Crippen molar-refractivity contribution in [1.82, 2.24) is 4.31 Å². The Morgan fingerprint density at radius 1 is 1.40 bits per heavy atom. The Hall–Kier alpha value is -0.300. The van der Waals surface area contributed by atoms with E-state index in [0.29, 0.717) is 17.1 Å². The summed E-state index contributed by atoms with van der Waals surface area (Å²) >= 11 is 0. The molecule has 1 atom stereocenters. The van der Waals surface area contributed by atoms with Crippen molar-refractivity contribution < 1.29 is 21.6 Å². The average molecular weight is 245 g/mol. The van der Waals surface area contributed by atoms with Gasteiger partial charge in [0.1, 0.15) is 0 Å². The number of sulfonamides is 1. The van der Waals surface area contributed by atoms with Crippen LogP contribution in [0, 0.1) is 5.92 Å². The van der Waals surface area contributed by atoms with E-state index in [2.05, 4.69) is 0 Å². The SMILES string of the molecule is CCC1CCCN(S(=O)(=O)C(F)(F)F)C1. The van der Waals surface area contributed by atoms with Gasteiger partial charge in [-0.05, 0) is 18.8 Å². The maximum absolute atomic E-state index is 12.2. The van der Waals surface area contributed by atoms with Gasteiger partial charge in [-0.25, -0.2) is 8.42 Å². The lowest BCUT2D eigenvalue weighted by Gasteiger charge is -2.31. The fraction of sp³-hybridized carbons (Fsp3) is 1.00. The van der Waals surface area contributed by atoms with Crippen LogP contribution in [0.4, 0.5) is 13.2 Å². The van der Waals surface area contributed by atoms with Gasteiger partial charge >= 0.3 is 15.5 Å². The Bertz CT molecular complexity index is 312. The zero-order valence-corrected chi connectivity index (χ0v) is 9.24. The van der Waals surface area contributed by atoms with Crippen LogP contribution < -0.4 is 0 Å². The minimum Gasteiger partial charge on any atom is -0.203 e. The Kier molecular flexibility index (Phi) is 3.65. The van der Waals surface area contributed by atoms with E-state index in [1.165, 1.54) is 0 Å². The van der Waals surface area contributed by atoms with Crippen molar-refractivity contribution in [3.8, 4) is 0 Å². The molecule has 0 aromatic carbocycles. The van der Waals surface area contributed by atoms with E-state index in [0.717, 1.165) is 6.42 Å². The second-order valence-corrected chi connectivity index (χ2v) is 5.65. The van der Waals surface area contributed by atoms with E-state index in [1.807, 2.05) is 6.92 Å². The fourth-order valence-corrected chi connectivity index (χ4v) is 2.79. The van der Waals surface area contributed by atoms with Gasteiger partial charge in [-0.3, -0.25) is 0 Å². The molecule has 1 heterocycles. The molecule has 1 saturated heterocycles. The Morgan fingerprint density at radius 2 is 2.00 bits per heavy atom. The van der Waals surface area contributed by atoms with Crippen molar-refractivity contribution in [2.24, 2.45) is 5.92 Å². The molecule has 1 aliphatic heterocycles. The molecule has 3 nitrogen and oxygen atoms in total. The highest BCUT2D eigenvalue weighted by atomic mass is 32.2. The predicted molar refractivity (Wildman–Crippen MR) is 49.6 cm³/mol. The molecule has 0 aliphatic carbocycles. The lowest BCUT2D eigenvalue weighted by molar-refractivity contribution is -0.0498. The van der Waals surface area contributed by atoms with E-state index in [1.54, 1.807) is 0 Å². The monoisotopic (exact) mass is 245 g/mol. The van der Waals surface area contributed by atoms with Crippen molar-refractivity contribution in [1.29, 1.82) is 0 Å². The molecule has 0 N–H and O–H groups in total. The third kappa shape index (κ3) is 2.63. The number of alkyl halides is 3. The largest absolute Gasteiger partial charge is 0.511 e. The minimum absolute atomic E-state index is 0.00164. The van der Waals surface area contributed by atoms with Crippen molar-refractivity contribution in [2.75, 3.05) is 13.1 Å². The van der Waals surface area contributed by atoms with E-state index >= 15 is 0 Å². The lowest BCUT2D eigenvalue weighted by Crippen LogP contribution is -2.45. The van der Waals surface area contributed by atoms with Crippen molar-refractivity contribution in [3.63, 3.8) is 0 Å². The number of hydrogen-bond donors (Lipinski definition) is 0. The fourth-order valence-electron chi connectivity index (χ4n) is 1.72. The first kappa shape index (κ1) is 12.8. The van der Waals surface area contributed by atoms with Crippen LogP contribution in [0.5, 0.6) is 0 Å². The van der Waals surface area contributed by atoms with Crippen LogP contribution >= 0.6 is 0 Å². The topological polar surface area (TPSA) is 37.4 Å². The van der Waals surface area contributed by atoms with Crippen LogP contribution in [-0.4, -0.2) is 31.3 Å². The molecule has 1 fully saturated rings. The molecule has 0 amide bonds. The van der Waals surface area contributed by atoms with Gasteiger partial charge in [-0.1, -0.05) is 13.3 Å². The van der Waals surface area contributed by atoms with E-state index in [9.17, 15) is 21.6 Å². The summed E-state index contributed by atoms with van der Waals surface area (Å²) in [5.74, 6) is 0.0517. The molecule has 7 heteroatoms. The maximum atomic E-state index is 12.2. The highest BCUT2D eigenvalue weighted by Crippen LogP contribution is 2.30. The summed E-state index contributed by atoms with van der Waals surface area (Å²) in [4.78, 5) is 0. The second kappa shape index (κ2) is 4.29. The van der Waals surface area contributed by atoms with Crippen molar-refractivity contribution in [3.05, 3.63) is 0 Å². The van der Waals surface area contributed by atoms with Gasteiger partial charge in [0.2, 0.25) is 0 Å². The quantitative estimate of drug-likeness (QED) is 0.745. The zero-order valence-electron chi connectivity index (χ0n) is 8.42. The van der Waals surface area contributed by atoms with Crippen LogP contribution in [0.2, 0.25) is 0 Å². The molecular formula is C8H14F3NO2S. The van der Waals surface area contributed by atoms with Crippen LogP contribution in [-0.2, 0) is 10.0 Å². The number of hydrogen-bond acceptors (Lipinski definition) is 2. The maximum Gasteiger partial charge on any atom is 0.511 e. The molecule has 0 bridgehead atoms. The molecule has 1 rings (SSSR count). The van der Waals surface area contributed by atoms with E-state index < -0.39 is 15.5 Å². The number of piperidine rings is 1. The Labute approximate surface area is 87.3 Å². The molecule has 0 spiro atoms. The van der Waals surface area contributed by atoms with Crippen molar-refractivity contribution >= 4 is 10.0 Å². The van der Waals surface area contributed by atoms with E-state index in [-0.39, 0.29) is 19.0 Å². The first-order chi connectivity index (χ1) is 6.79. The summed E-state index contributed by atoms with van der Waals surface area (Å²) in [6.07, 6.45) is 2.03. The summed E-state index contributed by atoms with van der Waals surface area (Å²) in [6.45, 7) is 1.84. The smallest absolute Gasteiger partial charge is 0.203 e. The summed E-state index contributed by atoms with van der Waals surface area (Å²) in [7, 11) is -5.11. The molecule has 0 saturated carbocycles. The standard InChI is InChI=1S/C8H14F3NO2S/c1-2-7-4-3-5-12(6-7)15(13,14)8(9,10)11/h7H,2-6H2,1H3. The third-order valence-electron chi connectivity index (χ3n) is 2.69. The normalized spacial score (nSPS) is 25.5. The number of nitrogens with zero attached hydrogens (tertiary/aromatic N) is 1. The van der Waals surface area contributed by atoms with Gasteiger partial charge in [0, 0.05) is 13.1 Å². The van der Waals surface area contributed by atoms with E-state index in [4.69, 9.17) is 0 Å². The summed E-state index contributed by atoms with van der Waals surface area (Å²) < 4.78 is 59.4. The zero-order chi connectivity index (χ0) is 11.7. The Morgan fingerprint density at radius 3 is 2.47 bits per heavy atom. The third-order valence-corrected chi connectivity index (χ3v) is 4.29. The lowest BCUT2D eigenvalue weighted by atomic mass is 9.97. The van der Waals surface area contributed by atoms with Crippen molar-refractivity contribution in [2.45, 2.75) is 31.7 Å². The number of rotatable bonds is 2. The van der Waals surface area contributed by atoms with Gasteiger partial charge in [0.05, 0.1) is 0 Å². The Balaban J connectivity index is 2.80. The van der Waals surface area contributed by atoms with Gasteiger partial charge in [-0.2, -0.15) is 17.5 Å². The summed E-state index contributed by atoms with van der Waals surface area (Å²) in [5.41, 5.74) is -5.16. The second-order valence-electron chi connectivity index (χ2n) is 3.73. The average Bonchev–Trinajstić information content (AvgIpc) is 2.16. The summed E-state index contributed by atoms with van der Waals surface area (Å²) in [6, 6.07) is 0. The number of halogens is 3. The first-order valence-electron chi connectivity index (χ1n) is 4.85. The molecule has 1 unspecified atom stereocenters. The molecule has 0 radical (unpaired) electrons. The van der Waals surface area contributed by atoms with Gasteiger partial charge in [-0.15, -0.1) is 0 Å². The highest BCUT2D eigenvalue weighted by Gasteiger charge is 2.50. The van der Waals surface area contributed by atoms with Gasteiger partial charge in [0.15, 0.2) is 0 Å². The predicted octanol–water partition coefficient (Wildman–Crippen LogP) is 1.96. The molecule has 1 aliphatic rings. The molecule has 0 aromatic rings. The molecule has 0 aromatic heterocycles. The van der Waals surface area contributed by atoms with Gasteiger partial charge < -0.3 is 0 Å². The summed E-state index contributed by atoms with van der Waals surface area (Å²) in [5, 5.41) is 0. The molecule has 15 heavy (non-hydrogen) atoms. The molecule has 90 valence electrons. The van der Waals surface area contributed by atoms with Gasteiger partial charge in [0.25, 0.3) is 0 Å². The first-order valence-corrected chi connectivity index (χ1v) is 6.29. The van der Waals surface area contributed by atoms with Crippen LogP contribution in [0.25, 0.3) is 0 Å². The molecular weight excluding hydrogens is 231 g/mol.